The number of hydrogen-bond acceptors (Lipinski definition) is 4. The van der Waals surface area contributed by atoms with Crippen molar-refractivity contribution < 1.29 is 9.53 Å². The van der Waals surface area contributed by atoms with Crippen LogP contribution in [0.4, 0.5) is 0 Å². The maximum atomic E-state index is 11.6. The number of ether oxygens (including phenoxy) is 1. The van der Waals surface area contributed by atoms with Crippen LogP contribution >= 0.6 is 0 Å². The molecule has 1 aromatic heterocycles. The third-order valence-electron chi connectivity index (χ3n) is 3.76. The van der Waals surface area contributed by atoms with E-state index in [0.717, 1.165) is 17.8 Å². The molecule has 5 heteroatoms. The standard InChI is InChI=1S/C18H23N3O2/c1-19-18(22)15-9-7-14(8-10-15)12-21(2)17(13-23-3)16-6-4-5-11-20-16/h4-11,17H,12-13H2,1-3H3,(H,19,22)/t17-/m0/s1. The Balaban J connectivity index is 2.09. The third kappa shape index (κ3) is 4.61. The van der Waals surface area contributed by atoms with Crippen LogP contribution in [0.5, 0.6) is 0 Å². The van der Waals surface area contributed by atoms with Crippen LogP contribution in [-0.4, -0.2) is 43.6 Å². The largest absolute Gasteiger partial charge is 0.383 e. The van der Waals surface area contributed by atoms with Gasteiger partial charge in [0, 0.05) is 32.5 Å². The van der Waals surface area contributed by atoms with Crippen LogP contribution in [0, 0.1) is 0 Å². The molecule has 1 atom stereocenters. The van der Waals surface area contributed by atoms with E-state index in [-0.39, 0.29) is 11.9 Å². The van der Waals surface area contributed by atoms with Crippen LogP contribution in [-0.2, 0) is 11.3 Å². The minimum atomic E-state index is -0.0735. The molecule has 0 aliphatic rings. The maximum absolute atomic E-state index is 11.6. The van der Waals surface area contributed by atoms with E-state index in [4.69, 9.17) is 4.74 Å². The molecular formula is C18H23N3O2. The fourth-order valence-electron chi connectivity index (χ4n) is 2.47. The highest BCUT2D eigenvalue weighted by molar-refractivity contribution is 5.93. The highest BCUT2D eigenvalue weighted by atomic mass is 16.5. The van der Waals surface area contributed by atoms with Gasteiger partial charge in [0.05, 0.1) is 18.3 Å². The van der Waals surface area contributed by atoms with E-state index in [9.17, 15) is 4.79 Å². The third-order valence-corrected chi connectivity index (χ3v) is 3.76. The summed E-state index contributed by atoms with van der Waals surface area (Å²) in [5.74, 6) is -0.0735. The smallest absolute Gasteiger partial charge is 0.251 e. The number of amides is 1. The monoisotopic (exact) mass is 313 g/mol. The molecule has 1 aromatic carbocycles. The topological polar surface area (TPSA) is 54.5 Å². The van der Waals surface area contributed by atoms with Gasteiger partial charge in [0.1, 0.15) is 0 Å². The maximum Gasteiger partial charge on any atom is 0.251 e. The number of pyridine rings is 1. The van der Waals surface area contributed by atoms with Crippen molar-refractivity contribution in [2.24, 2.45) is 0 Å². The molecule has 1 amide bonds. The minimum absolute atomic E-state index is 0.0735. The lowest BCUT2D eigenvalue weighted by atomic mass is 10.1. The zero-order valence-corrected chi connectivity index (χ0v) is 13.8. The minimum Gasteiger partial charge on any atom is -0.383 e. The van der Waals surface area contributed by atoms with Gasteiger partial charge in [0.25, 0.3) is 5.91 Å². The van der Waals surface area contributed by atoms with Crippen LogP contribution in [0.25, 0.3) is 0 Å². The molecule has 0 aliphatic carbocycles. The fourth-order valence-corrected chi connectivity index (χ4v) is 2.47. The molecule has 23 heavy (non-hydrogen) atoms. The van der Waals surface area contributed by atoms with Crippen molar-refractivity contribution in [1.82, 2.24) is 15.2 Å². The Bertz CT molecular complexity index is 614. The average molecular weight is 313 g/mol. The predicted octanol–water partition coefficient (Wildman–Crippen LogP) is 2.26. The Labute approximate surface area is 137 Å². The molecule has 0 unspecified atom stereocenters. The average Bonchev–Trinajstić information content (AvgIpc) is 2.60. The second kappa shape index (κ2) is 8.41. The second-order valence-corrected chi connectivity index (χ2v) is 5.42. The molecule has 0 saturated carbocycles. The number of methoxy groups -OCH3 is 1. The molecule has 0 radical (unpaired) electrons. The molecule has 1 heterocycles. The summed E-state index contributed by atoms with van der Waals surface area (Å²) in [5, 5.41) is 2.62. The van der Waals surface area contributed by atoms with Crippen molar-refractivity contribution >= 4 is 5.91 Å². The zero-order chi connectivity index (χ0) is 16.7. The summed E-state index contributed by atoms with van der Waals surface area (Å²) < 4.78 is 5.35. The summed E-state index contributed by atoms with van der Waals surface area (Å²) in [4.78, 5) is 18.2. The Morgan fingerprint density at radius 1 is 1.26 bits per heavy atom. The van der Waals surface area contributed by atoms with Gasteiger partial charge in [-0.3, -0.25) is 14.7 Å². The molecule has 2 rings (SSSR count). The van der Waals surface area contributed by atoms with Gasteiger partial charge in [-0.2, -0.15) is 0 Å². The summed E-state index contributed by atoms with van der Waals surface area (Å²) in [6, 6.07) is 13.6. The predicted molar refractivity (Wildman–Crippen MR) is 90.2 cm³/mol. The van der Waals surface area contributed by atoms with Crippen molar-refractivity contribution in [2.75, 3.05) is 27.8 Å². The first kappa shape index (κ1) is 17.1. The van der Waals surface area contributed by atoms with Gasteiger partial charge in [-0.25, -0.2) is 0 Å². The summed E-state index contributed by atoms with van der Waals surface area (Å²) in [6.07, 6.45) is 1.80. The second-order valence-electron chi connectivity index (χ2n) is 5.42. The van der Waals surface area contributed by atoms with Crippen LogP contribution in [0.1, 0.15) is 27.7 Å². The van der Waals surface area contributed by atoms with Crippen LogP contribution in [0.2, 0.25) is 0 Å². The number of benzene rings is 1. The number of rotatable bonds is 7. The van der Waals surface area contributed by atoms with Crippen molar-refractivity contribution in [3.63, 3.8) is 0 Å². The zero-order valence-electron chi connectivity index (χ0n) is 13.8. The van der Waals surface area contributed by atoms with Crippen molar-refractivity contribution in [3.05, 3.63) is 65.5 Å². The van der Waals surface area contributed by atoms with Gasteiger partial charge in [0.15, 0.2) is 0 Å². The molecule has 1 N–H and O–H groups in total. The van der Waals surface area contributed by atoms with E-state index in [1.54, 1.807) is 20.4 Å². The van der Waals surface area contributed by atoms with Gasteiger partial charge in [-0.15, -0.1) is 0 Å². The van der Waals surface area contributed by atoms with Gasteiger partial charge in [-0.05, 0) is 36.9 Å². The van der Waals surface area contributed by atoms with Crippen LogP contribution in [0.15, 0.2) is 48.7 Å². The van der Waals surface area contributed by atoms with E-state index >= 15 is 0 Å². The molecule has 0 saturated heterocycles. The van der Waals surface area contributed by atoms with E-state index in [1.165, 1.54) is 0 Å². The number of carbonyl (C=O) groups is 1. The van der Waals surface area contributed by atoms with Crippen molar-refractivity contribution in [1.29, 1.82) is 0 Å². The molecule has 0 fully saturated rings. The van der Waals surface area contributed by atoms with Gasteiger partial charge >= 0.3 is 0 Å². The first-order chi connectivity index (χ1) is 11.2. The van der Waals surface area contributed by atoms with Crippen LogP contribution < -0.4 is 5.32 Å². The normalized spacial score (nSPS) is 12.2. The van der Waals surface area contributed by atoms with Crippen molar-refractivity contribution in [3.8, 4) is 0 Å². The number of likely N-dealkylation sites (N-methyl/N-ethyl adjacent to an activating group) is 1. The number of aromatic nitrogens is 1. The van der Waals surface area contributed by atoms with Gasteiger partial charge < -0.3 is 10.1 Å². The fraction of sp³-hybridized carbons (Fsp3) is 0.333. The Hall–Kier alpha value is -2.24. The van der Waals surface area contributed by atoms with E-state index in [2.05, 4.69) is 15.2 Å². The molecular weight excluding hydrogens is 290 g/mol. The van der Waals surface area contributed by atoms with Gasteiger partial charge in [0.2, 0.25) is 0 Å². The summed E-state index contributed by atoms with van der Waals surface area (Å²) in [6.45, 7) is 1.32. The first-order valence-corrected chi connectivity index (χ1v) is 7.57. The number of nitrogens with zero attached hydrogens (tertiary/aromatic N) is 2. The lowest BCUT2D eigenvalue weighted by Gasteiger charge is -2.27. The highest BCUT2D eigenvalue weighted by Crippen LogP contribution is 2.20. The first-order valence-electron chi connectivity index (χ1n) is 7.57. The Kier molecular flexibility index (Phi) is 6.26. The number of hydrogen-bond donors (Lipinski definition) is 1. The van der Waals surface area contributed by atoms with Gasteiger partial charge in [-0.1, -0.05) is 18.2 Å². The van der Waals surface area contributed by atoms with E-state index < -0.39 is 0 Å². The van der Waals surface area contributed by atoms with Crippen molar-refractivity contribution in [2.45, 2.75) is 12.6 Å². The number of carbonyl (C=O) groups excluding carboxylic acids is 1. The summed E-state index contributed by atoms with van der Waals surface area (Å²) >= 11 is 0. The molecule has 0 bridgehead atoms. The van der Waals surface area contributed by atoms with E-state index in [1.807, 2.05) is 49.5 Å². The molecule has 0 spiro atoms. The lowest BCUT2D eigenvalue weighted by molar-refractivity contribution is 0.0963. The molecule has 122 valence electrons. The molecule has 5 nitrogen and oxygen atoms in total. The quantitative estimate of drug-likeness (QED) is 0.852. The SMILES string of the molecule is CNC(=O)c1ccc(CN(C)[C@@H](COC)c2ccccn2)cc1. The Morgan fingerprint density at radius 2 is 2.00 bits per heavy atom. The summed E-state index contributed by atoms with van der Waals surface area (Å²) in [7, 11) is 5.37. The highest BCUT2D eigenvalue weighted by Gasteiger charge is 2.18. The molecule has 0 aliphatic heterocycles. The van der Waals surface area contributed by atoms with E-state index in [0.29, 0.717) is 12.2 Å². The molecule has 2 aromatic rings. The lowest BCUT2D eigenvalue weighted by Crippen LogP contribution is -2.28. The van der Waals surface area contributed by atoms with Crippen LogP contribution in [0.3, 0.4) is 0 Å². The Morgan fingerprint density at radius 3 is 2.57 bits per heavy atom. The number of nitrogens with one attached hydrogen (secondary N) is 1. The summed E-state index contributed by atoms with van der Waals surface area (Å²) in [5.41, 5.74) is 2.79.